The van der Waals surface area contributed by atoms with Gasteiger partial charge in [-0.05, 0) is 23.3 Å². The minimum atomic E-state index is -1.29. The molecule has 2 unspecified atom stereocenters. The predicted molar refractivity (Wildman–Crippen MR) is 66.4 cm³/mol. The molecule has 0 aliphatic carbocycles. The van der Waals surface area contributed by atoms with Gasteiger partial charge in [0.05, 0.1) is 12.7 Å². The molecule has 1 aromatic carbocycles. The SMILES string of the molecule is CC(=O)SCC(O)C(O)c1cc(F)cc(CO)c1. The molecule has 0 radical (unpaired) electrons. The second-order valence-corrected chi connectivity index (χ2v) is 5.06. The summed E-state index contributed by atoms with van der Waals surface area (Å²) >= 11 is 0.884. The number of benzene rings is 1. The van der Waals surface area contributed by atoms with Gasteiger partial charge < -0.3 is 15.3 Å². The molecule has 0 aliphatic rings. The maximum absolute atomic E-state index is 13.2. The van der Waals surface area contributed by atoms with E-state index >= 15 is 0 Å². The van der Waals surface area contributed by atoms with E-state index < -0.39 is 18.0 Å². The van der Waals surface area contributed by atoms with Gasteiger partial charge >= 0.3 is 0 Å². The molecular weight excluding hydrogens is 259 g/mol. The number of hydrogen-bond donors (Lipinski definition) is 3. The Balaban J connectivity index is 2.79. The van der Waals surface area contributed by atoms with E-state index in [-0.39, 0.29) is 23.0 Å². The number of aliphatic hydroxyl groups is 3. The van der Waals surface area contributed by atoms with Gasteiger partial charge in [-0.15, -0.1) is 0 Å². The Bertz CT molecular complexity index is 425. The van der Waals surface area contributed by atoms with Crippen molar-refractivity contribution in [1.82, 2.24) is 0 Å². The van der Waals surface area contributed by atoms with Crippen LogP contribution in [0.15, 0.2) is 18.2 Å². The van der Waals surface area contributed by atoms with Gasteiger partial charge in [0.1, 0.15) is 11.9 Å². The third-order valence-electron chi connectivity index (χ3n) is 2.33. The van der Waals surface area contributed by atoms with Crippen molar-refractivity contribution in [3.8, 4) is 0 Å². The van der Waals surface area contributed by atoms with Crippen LogP contribution in [0.25, 0.3) is 0 Å². The number of aliphatic hydroxyl groups excluding tert-OH is 3. The van der Waals surface area contributed by atoms with Crippen LogP contribution in [0.1, 0.15) is 24.2 Å². The molecule has 3 N–H and O–H groups in total. The summed E-state index contributed by atoms with van der Waals surface area (Å²) in [7, 11) is 0. The molecule has 6 heteroatoms. The minimum absolute atomic E-state index is 0.0292. The molecule has 0 aromatic heterocycles. The van der Waals surface area contributed by atoms with E-state index in [2.05, 4.69) is 0 Å². The first kappa shape index (κ1) is 15.1. The largest absolute Gasteiger partial charge is 0.392 e. The fourth-order valence-corrected chi connectivity index (χ4v) is 2.04. The third-order valence-corrected chi connectivity index (χ3v) is 3.24. The standard InChI is InChI=1S/C12H15FO4S/c1-7(15)18-6-11(16)12(17)9-2-8(5-14)3-10(13)4-9/h2-4,11-12,14,16-17H,5-6H2,1H3. The highest BCUT2D eigenvalue weighted by Gasteiger charge is 2.20. The summed E-state index contributed by atoms with van der Waals surface area (Å²) in [5.41, 5.74) is 0.492. The lowest BCUT2D eigenvalue weighted by molar-refractivity contribution is -0.109. The maximum Gasteiger partial charge on any atom is 0.185 e. The number of rotatable bonds is 5. The average Bonchev–Trinajstić information content (AvgIpc) is 2.34. The Morgan fingerprint density at radius 3 is 2.61 bits per heavy atom. The van der Waals surface area contributed by atoms with E-state index in [1.807, 2.05) is 0 Å². The van der Waals surface area contributed by atoms with Gasteiger partial charge in [-0.25, -0.2) is 4.39 Å². The quantitative estimate of drug-likeness (QED) is 0.746. The van der Waals surface area contributed by atoms with Crippen molar-refractivity contribution in [3.63, 3.8) is 0 Å². The summed E-state index contributed by atoms with van der Waals surface area (Å²) in [5.74, 6) is -0.566. The number of carbonyl (C=O) groups is 1. The van der Waals surface area contributed by atoms with Gasteiger partial charge in [-0.3, -0.25) is 4.79 Å². The van der Waals surface area contributed by atoms with E-state index in [0.717, 1.165) is 23.9 Å². The van der Waals surface area contributed by atoms with Crippen molar-refractivity contribution in [1.29, 1.82) is 0 Å². The summed E-state index contributed by atoms with van der Waals surface area (Å²) < 4.78 is 13.2. The second-order valence-electron chi connectivity index (χ2n) is 3.87. The fraction of sp³-hybridized carbons (Fsp3) is 0.417. The Morgan fingerprint density at radius 1 is 1.39 bits per heavy atom. The molecule has 100 valence electrons. The lowest BCUT2D eigenvalue weighted by Crippen LogP contribution is -2.21. The molecule has 0 spiro atoms. The highest BCUT2D eigenvalue weighted by atomic mass is 32.2. The smallest absolute Gasteiger partial charge is 0.185 e. The van der Waals surface area contributed by atoms with Crippen LogP contribution in [0.3, 0.4) is 0 Å². The topological polar surface area (TPSA) is 77.8 Å². The van der Waals surface area contributed by atoms with E-state index in [4.69, 9.17) is 5.11 Å². The van der Waals surface area contributed by atoms with Crippen LogP contribution in [0.2, 0.25) is 0 Å². The van der Waals surface area contributed by atoms with Gasteiger partial charge in [-0.1, -0.05) is 17.8 Å². The van der Waals surface area contributed by atoms with Gasteiger partial charge in [-0.2, -0.15) is 0 Å². The lowest BCUT2D eigenvalue weighted by atomic mass is 10.0. The Hall–Kier alpha value is -0.950. The first-order valence-electron chi connectivity index (χ1n) is 5.33. The first-order valence-corrected chi connectivity index (χ1v) is 6.32. The minimum Gasteiger partial charge on any atom is -0.392 e. The van der Waals surface area contributed by atoms with E-state index in [0.29, 0.717) is 5.56 Å². The first-order chi connectivity index (χ1) is 8.43. The Morgan fingerprint density at radius 2 is 2.06 bits per heavy atom. The molecule has 0 aliphatic heterocycles. The van der Waals surface area contributed by atoms with Crippen molar-refractivity contribution in [3.05, 3.63) is 35.1 Å². The molecule has 0 bridgehead atoms. The summed E-state index contributed by atoms with van der Waals surface area (Å²) in [5, 5.41) is 28.2. The zero-order valence-corrected chi connectivity index (χ0v) is 10.7. The van der Waals surface area contributed by atoms with Crippen LogP contribution in [0, 0.1) is 5.82 Å². The van der Waals surface area contributed by atoms with E-state index in [1.165, 1.54) is 13.0 Å². The van der Waals surface area contributed by atoms with Crippen LogP contribution < -0.4 is 0 Å². The fourth-order valence-electron chi connectivity index (χ4n) is 1.45. The summed E-state index contributed by atoms with van der Waals surface area (Å²) in [6.45, 7) is 1.01. The monoisotopic (exact) mass is 274 g/mol. The maximum atomic E-state index is 13.2. The van der Waals surface area contributed by atoms with Crippen LogP contribution in [0.4, 0.5) is 4.39 Å². The van der Waals surface area contributed by atoms with Crippen LogP contribution in [-0.2, 0) is 11.4 Å². The molecule has 0 heterocycles. The van der Waals surface area contributed by atoms with Crippen LogP contribution >= 0.6 is 11.8 Å². The summed E-state index contributed by atoms with van der Waals surface area (Å²) in [6, 6.07) is 3.65. The number of thioether (sulfide) groups is 1. The summed E-state index contributed by atoms with van der Waals surface area (Å²) in [4.78, 5) is 10.7. The molecule has 0 amide bonds. The van der Waals surface area contributed by atoms with E-state index in [1.54, 1.807) is 0 Å². The Labute approximate surface area is 108 Å². The van der Waals surface area contributed by atoms with Crippen molar-refractivity contribution in [2.24, 2.45) is 0 Å². The van der Waals surface area contributed by atoms with Crippen LogP contribution in [-0.4, -0.2) is 32.3 Å². The molecule has 0 saturated heterocycles. The van der Waals surface area contributed by atoms with Gasteiger partial charge in [0.25, 0.3) is 0 Å². The van der Waals surface area contributed by atoms with Crippen molar-refractivity contribution in [2.45, 2.75) is 25.7 Å². The molecule has 4 nitrogen and oxygen atoms in total. The summed E-state index contributed by atoms with van der Waals surface area (Å²) in [6.07, 6.45) is -2.47. The molecule has 1 rings (SSSR count). The van der Waals surface area contributed by atoms with Crippen LogP contribution in [0.5, 0.6) is 0 Å². The molecule has 0 fully saturated rings. The molecular formula is C12H15FO4S. The van der Waals surface area contributed by atoms with Gasteiger partial charge in [0, 0.05) is 12.7 Å². The van der Waals surface area contributed by atoms with Crippen molar-refractivity contribution >= 4 is 16.9 Å². The highest BCUT2D eigenvalue weighted by Crippen LogP contribution is 2.22. The molecule has 0 saturated carbocycles. The Kier molecular flexibility index (Phi) is 5.74. The third kappa shape index (κ3) is 4.38. The zero-order chi connectivity index (χ0) is 13.7. The normalized spacial score (nSPS) is 14.3. The van der Waals surface area contributed by atoms with Crippen molar-refractivity contribution in [2.75, 3.05) is 5.75 Å². The molecule has 18 heavy (non-hydrogen) atoms. The average molecular weight is 274 g/mol. The molecule has 2 atom stereocenters. The molecule has 1 aromatic rings. The number of halogens is 1. The van der Waals surface area contributed by atoms with E-state index in [9.17, 15) is 19.4 Å². The number of carbonyl (C=O) groups excluding carboxylic acids is 1. The van der Waals surface area contributed by atoms with Crippen molar-refractivity contribution < 1.29 is 24.5 Å². The van der Waals surface area contributed by atoms with Gasteiger partial charge in [0.2, 0.25) is 0 Å². The second kappa shape index (κ2) is 6.84. The van der Waals surface area contributed by atoms with Gasteiger partial charge in [0.15, 0.2) is 5.12 Å². The predicted octanol–water partition coefficient (Wildman–Crippen LogP) is 0.992. The zero-order valence-electron chi connectivity index (χ0n) is 9.84. The number of hydrogen-bond acceptors (Lipinski definition) is 5. The highest BCUT2D eigenvalue weighted by molar-refractivity contribution is 8.13. The lowest BCUT2D eigenvalue weighted by Gasteiger charge is -2.18.